The third-order valence-electron chi connectivity index (χ3n) is 3.73. The molecule has 0 fully saturated rings. The second-order valence-electron chi connectivity index (χ2n) is 5.48. The molecule has 26 heavy (non-hydrogen) atoms. The van der Waals surface area contributed by atoms with Gasteiger partial charge in [0.15, 0.2) is 0 Å². The molecule has 1 aromatic heterocycles. The summed E-state index contributed by atoms with van der Waals surface area (Å²) in [6.07, 6.45) is -3.23. The highest BCUT2D eigenvalue weighted by Gasteiger charge is 2.31. The SMILES string of the molecule is CC(c1ncccc1F)N(Cc1ccc(C(F)(F)F)cc1)C(=O)C(=O)O. The Hall–Kier alpha value is -2.97. The molecule has 1 heterocycles. The van der Waals surface area contributed by atoms with E-state index in [0.29, 0.717) is 0 Å². The van der Waals surface area contributed by atoms with E-state index in [1.54, 1.807) is 0 Å². The number of aromatic nitrogens is 1. The van der Waals surface area contributed by atoms with Crippen LogP contribution in [0, 0.1) is 5.82 Å². The topological polar surface area (TPSA) is 70.5 Å². The number of carbonyl (C=O) groups is 2. The molecule has 0 aliphatic rings. The van der Waals surface area contributed by atoms with E-state index in [1.165, 1.54) is 19.2 Å². The lowest BCUT2D eigenvalue weighted by Crippen LogP contribution is -2.38. The zero-order valence-corrected chi connectivity index (χ0v) is 13.5. The van der Waals surface area contributed by atoms with Gasteiger partial charge >= 0.3 is 18.1 Å². The molecule has 1 N–H and O–H groups in total. The number of hydrogen-bond donors (Lipinski definition) is 1. The highest BCUT2D eigenvalue weighted by atomic mass is 19.4. The number of carboxylic acid groups (broad SMARTS) is 1. The number of nitrogens with zero attached hydrogens (tertiary/aromatic N) is 2. The molecule has 0 aliphatic heterocycles. The van der Waals surface area contributed by atoms with Crippen LogP contribution in [0.3, 0.4) is 0 Å². The maximum atomic E-state index is 13.9. The van der Waals surface area contributed by atoms with Crippen LogP contribution in [0.2, 0.25) is 0 Å². The van der Waals surface area contributed by atoms with E-state index in [2.05, 4.69) is 4.98 Å². The van der Waals surface area contributed by atoms with Crippen LogP contribution < -0.4 is 0 Å². The molecule has 0 radical (unpaired) electrons. The minimum absolute atomic E-state index is 0.144. The molecule has 1 aromatic carbocycles. The molecule has 0 spiro atoms. The summed E-state index contributed by atoms with van der Waals surface area (Å²) in [4.78, 5) is 27.7. The van der Waals surface area contributed by atoms with Crippen molar-refractivity contribution >= 4 is 11.9 Å². The number of carbonyl (C=O) groups excluding carboxylic acids is 1. The molecule has 9 heteroatoms. The zero-order valence-electron chi connectivity index (χ0n) is 13.5. The van der Waals surface area contributed by atoms with Gasteiger partial charge in [-0.05, 0) is 36.8 Å². The molecule has 1 unspecified atom stereocenters. The highest BCUT2D eigenvalue weighted by Crippen LogP contribution is 2.30. The lowest BCUT2D eigenvalue weighted by Gasteiger charge is -2.27. The summed E-state index contributed by atoms with van der Waals surface area (Å²) in [5.74, 6) is -3.81. The van der Waals surface area contributed by atoms with E-state index < -0.39 is 35.5 Å². The van der Waals surface area contributed by atoms with Crippen molar-refractivity contribution in [3.63, 3.8) is 0 Å². The molecule has 0 aliphatic carbocycles. The fourth-order valence-electron chi connectivity index (χ4n) is 2.36. The van der Waals surface area contributed by atoms with E-state index in [1.807, 2.05) is 0 Å². The smallest absolute Gasteiger partial charge is 0.416 e. The maximum absolute atomic E-state index is 13.9. The largest absolute Gasteiger partial charge is 0.474 e. The molecular formula is C17H14F4N2O3. The van der Waals surface area contributed by atoms with E-state index in [4.69, 9.17) is 5.11 Å². The van der Waals surface area contributed by atoms with Gasteiger partial charge in [0.2, 0.25) is 0 Å². The van der Waals surface area contributed by atoms with Gasteiger partial charge in [0, 0.05) is 12.7 Å². The minimum Gasteiger partial charge on any atom is -0.474 e. The Labute approximate surface area is 145 Å². The van der Waals surface area contributed by atoms with Crippen LogP contribution in [0.1, 0.15) is 29.8 Å². The summed E-state index contributed by atoms with van der Waals surface area (Å²) >= 11 is 0. The van der Waals surface area contributed by atoms with Crippen molar-refractivity contribution in [2.45, 2.75) is 25.7 Å². The van der Waals surface area contributed by atoms with Crippen LogP contribution >= 0.6 is 0 Å². The Morgan fingerprint density at radius 2 is 1.81 bits per heavy atom. The third-order valence-corrected chi connectivity index (χ3v) is 3.73. The Balaban J connectivity index is 2.33. The van der Waals surface area contributed by atoms with Crippen LogP contribution in [0.25, 0.3) is 0 Å². The number of alkyl halides is 3. The monoisotopic (exact) mass is 370 g/mol. The molecule has 2 aromatic rings. The molecule has 2 rings (SSSR count). The molecule has 0 bridgehead atoms. The van der Waals surface area contributed by atoms with Crippen LogP contribution in [0.4, 0.5) is 17.6 Å². The molecular weight excluding hydrogens is 356 g/mol. The highest BCUT2D eigenvalue weighted by molar-refractivity contribution is 6.31. The van der Waals surface area contributed by atoms with Gasteiger partial charge in [-0.2, -0.15) is 13.2 Å². The fourth-order valence-corrected chi connectivity index (χ4v) is 2.36. The zero-order chi connectivity index (χ0) is 19.5. The van der Waals surface area contributed by atoms with E-state index in [0.717, 1.165) is 35.2 Å². The van der Waals surface area contributed by atoms with Crippen LogP contribution in [0.15, 0.2) is 42.6 Å². The number of hydrogen-bond acceptors (Lipinski definition) is 3. The molecule has 0 saturated carbocycles. The van der Waals surface area contributed by atoms with Gasteiger partial charge in [-0.25, -0.2) is 9.18 Å². The summed E-state index contributed by atoms with van der Waals surface area (Å²) in [5, 5.41) is 8.99. The Morgan fingerprint density at radius 3 is 2.31 bits per heavy atom. The fraction of sp³-hybridized carbons (Fsp3) is 0.235. The Kier molecular flexibility index (Phi) is 5.59. The number of aliphatic carboxylic acids is 1. The van der Waals surface area contributed by atoms with Gasteiger partial charge in [-0.15, -0.1) is 0 Å². The van der Waals surface area contributed by atoms with E-state index in [9.17, 15) is 27.2 Å². The van der Waals surface area contributed by atoms with Gasteiger partial charge in [0.1, 0.15) is 5.82 Å². The predicted molar refractivity (Wildman–Crippen MR) is 82.2 cm³/mol. The number of benzene rings is 1. The first-order chi connectivity index (χ1) is 12.1. The van der Waals surface area contributed by atoms with E-state index >= 15 is 0 Å². The second-order valence-corrected chi connectivity index (χ2v) is 5.48. The summed E-state index contributed by atoms with van der Waals surface area (Å²) < 4.78 is 51.8. The first kappa shape index (κ1) is 19.4. The Bertz CT molecular complexity index is 806. The lowest BCUT2D eigenvalue weighted by molar-refractivity contribution is -0.157. The van der Waals surface area contributed by atoms with Gasteiger partial charge in [-0.1, -0.05) is 12.1 Å². The predicted octanol–water partition coefficient (Wildman–Crippen LogP) is 3.41. The standard InChI is InChI=1S/C17H14F4N2O3/c1-10(14-13(18)3-2-8-22-14)23(15(24)16(25)26)9-11-4-6-12(7-5-11)17(19,20)21/h2-8,10H,9H2,1H3,(H,25,26). The normalized spacial score (nSPS) is 12.5. The lowest BCUT2D eigenvalue weighted by atomic mass is 10.1. The second kappa shape index (κ2) is 7.51. The van der Waals surface area contributed by atoms with Crippen molar-refractivity contribution < 1.29 is 32.3 Å². The Morgan fingerprint density at radius 1 is 1.19 bits per heavy atom. The van der Waals surface area contributed by atoms with Crippen molar-refractivity contribution in [2.75, 3.05) is 0 Å². The average Bonchev–Trinajstić information content (AvgIpc) is 2.58. The van der Waals surface area contributed by atoms with Gasteiger partial charge in [0.05, 0.1) is 17.3 Å². The van der Waals surface area contributed by atoms with E-state index in [-0.39, 0.29) is 17.8 Å². The molecule has 1 atom stereocenters. The van der Waals surface area contributed by atoms with Crippen LogP contribution in [-0.2, 0) is 22.3 Å². The quantitative estimate of drug-likeness (QED) is 0.661. The maximum Gasteiger partial charge on any atom is 0.416 e. The van der Waals surface area contributed by atoms with Crippen molar-refractivity contribution in [1.29, 1.82) is 0 Å². The molecule has 1 amide bonds. The number of halogens is 4. The summed E-state index contributed by atoms with van der Waals surface area (Å²) in [7, 11) is 0. The van der Waals surface area contributed by atoms with Crippen molar-refractivity contribution in [1.82, 2.24) is 9.88 Å². The number of rotatable bonds is 4. The summed E-state index contributed by atoms with van der Waals surface area (Å²) in [5.41, 5.74) is -0.758. The summed E-state index contributed by atoms with van der Waals surface area (Å²) in [6.45, 7) is 1.07. The molecule has 138 valence electrons. The van der Waals surface area contributed by atoms with Crippen molar-refractivity contribution in [2.24, 2.45) is 0 Å². The van der Waals surface area contributed by atoms with Gasteiger partial charge in [0.25, 0.3) is 0 Å². The van der Waals surface area contributed by atoms with Crippen LogP contribution in [-0.4, -0.2) is 26.9 Å². The average molecular weight is 370 g/mol. The number of pyridine rings is 1. The molecule has 5 nitrogen and oxygen atoms in total. The summed E-state index contributed by atoms with van der Waals surface area (Å²) in [6, 6.07) is 5.32. The third kappa shape index (κ3) is 4.35. The first-order valence-electron chi connectivity index (χ1n) is 7.41. The number of amides is 1. The number of carboxylic acids is 1. The van der Waals surface area contributed by atoms with Crippen molar-refractivity contribution in [3.8, 4) is 0 Å². The molecule has 0 saturated heterocycles. The van der Waals surface area contributed by atoms with Crippen LogP contribution in [0.5, 0.6) is 0 Å². The van der Waals surface area contributed by atoms with Gasteiger partial charge in [-0.3, -0.25) is 9.78 Å². The minimum atomic E-state index is -4.51. The van der Waals surface area contributed by atoms with Crippen molar-refractivity contribution in [3.05, 3.63) is 65.2 Å². The first-order valence-corrected chi connectivity index (χ1v) is 7.41. The van der Waals surface area contributed by atoms with Gasteiger partial charge < -0.3 is 10.0 Å².